The second-order valence-corrected chi connectivity index (χ2v) is 7.69. The fourth-order valence-corrected chi connectivity index (χ4v) is 3.79. The second-order valence-electron chi connectivity index (χ2n) is 7.69. The van der Waals surface area contributed by atoms with E-state index in [1.807, 2.05) is 0 Å². The summed E-state index contributed by atoms with van der Waals surface area (Å²) in [5.74, 6) is 1.49. The first-order valence-electron chi connectivity index (χ1n) is 9.86. The molecule has 27 heavy (non-hydrogen) atoms. The Kier molecular flexibility index (Phi) is 4.17. The highest BCUT2D eigenvalue weighted by Gasteiger charge is 2.29. The van der Waals surface area contributed by atoms with Crippen LogP contribution in [0.15, 0.2) is 42.5 Å². The number of H-pyrrole nitrogens is 1. The summed E-state index contributed by atoms with van der Waals surface area (Å²) >= 11 is 0. The monoisotopic (exact) mass is 360 g/mol. The minimum absolute atomic E-state index is 0.191. The van der Waals surface area contributed by atoms with Crippen LogP contribution < -0.4 is 10.6 Å². The first kappa shape index (κ1) is 16.5. The lowest BCUT2D eigenvalue weighted by molar-refractivity contribution is -0.122. The Bertz CT molecular complexity index is 966. The minimum atomic E-state index is 0.191. The highest BCUT2D eigenvalue weighted by atomic mass is 16.2. The van der Waals surface area contributed by atoms with Crippen LogP contribution in [0.5, 0.6) is 0 Å². The molecular formula is C22H24N4O. The van der Waals surface area contributed by atoms with E-state index in [1.54, 1.807) is 0 Å². The summed E-state index contributed by atoms with van der Waals surface area (Å²) in [7, 11) is 0. The smallest absolute Gasteiger partial charge is 0.223 e. The number of fused-ring (bicyclic) bond motifs is 1. The number of benzene rings is 2. The molecule has 138 valence electrons. The SMILES string of the molecule is O=C(NCc1ccc(-c2ccc3nc([C@@H]4CCCN4)[nH]c3c2)cc1)C1CC1. The normalized spacial score (nSPS) is 19.5. The topological polar surface area (TPSA) is 69.8 Å². The molecule has 1 saturated heterocycles. The van der Waals surface area contributed by atoms with Crippen LogP contribution in [-0.4, -0.2) is 22.4 Å². The molecule has 1 aliphatic heterocycles. The van der Waals surface area contributed by atoms with Crippen molar-refractivity contribution in [2.45, 2.75) is 38.3 Å². The molecule has 0 unspecified atom stereocenters. The van der Waals surface area contributed by atoms with Crippen LogP contribution in [0.2, 0.25) is 0 Å². The lowest BCUT2D eigenvalue weighted by atomic mass is 10.0. The molecule has 1 aliphatic carbocycles. The zero-order chi connectivity index (χ0) is 18.2. The van der Waals surface area contributed by atoms with Crippen molar-refractivity contribution < 1.29 is 4.79 Å². The summed E-state index contributed by atoms with van der Waals surface area (Å²) in [5.41, 5.74) is 5.57. The Balaban J connectivity index is 1.32. The molecule has 1 aromatic heterocycles. The number of amides is 1. The maximum atomic E-state index is 11.8. The summed E-state index contributed by atoms with van der Waals surface area (Å²) in [6.07, 6.45) is 4.44. The minimum Gasteiger partial charge on any atom is -0.352 e. The maximum absolute atomic E-state index is 11.8. The van der Waals surface area contributed by atoms with E-state index in [1.165, 1.54) is 17.5 Å². The number of nitrogens with one attached hydrogen (secondary N) is 3. The third-order valence-corrected chi connectivity index (χ3v) is 5.59. The number of imidazole rings is 1. The maximum Gasteiger partial charge on any atom is 0.223 e. The van der Waals surface area contributed by atoms with Crippen molar-refractivity contribution in [2.75, 3.05) is 6.54 Å². The molecule has 1 amide bonds. The summed E-state index contributed by atoms with van der Waals surface area (Å²) in [6, 6.07) is 15.2. The zero-order valence-corrected chi connectivity index (χ0v) is 15.3. The Morgan fingerprint density at radius 1 is 1.07 bits per heavy atom. The van der Waals surface area contributed by atoms with Crippen molar-refractivity contribution in [2.24, 2.45) is 5.92 Å². The van der Waals surface area contributed by atoms with Gasteiger partial charge in [-0.25, -0.2) is 4.98 Å². The molecule has 0 spiro atoms. The standard InChI is InChI=1S/C22H24N4O/c27-22(16-7-8-16)24-13-14-3-5-15(6-4-14)17-9-10-18-20(12-17)26-21(25-18)19-2-1-11-23-19/h3-6,9-10,12,16,19,23H,1-2,7-8,11,13H2,(H,24,27)(H,25,26)/t19-/m0/s1. The molecule has 2 aliphatic rings. The van der Waals surface area contributed by atoms with Crippen LogP contribution in [0.4, 0.5) is 0 Å². The molecule has 0 radical (unpaired) electrons. The van der Waals surface area contributed by atoms with Crippen LogP contribution in [0, 0.1) is 5.92 Å². The van der Waals surface area contributed by atoms with Crippen molar-refractivity contribution in [3.63, 3.8) is 0 Å². The quantitative estimate of drug-likeness (QED) is 0.650. The number of aromatic nitrogens is 2. The fourth-order valence-electron chi connectivity index (χ4n) is 3.79. The molecule has 5 nitrogen and oxygen atoms in total. The van der Waals surface area contributed by atoms with E-state index in [4.69, 9.17) is 4.98 Å². The number of carbonyl (C=O) groups excluding carboxylic acids is 1. The van der Waals surface area contributed by atoms with E-state index in [-0.39, 0.29) is 11.8 Å². The molecule has 1 saturated carbocycles. The molecule has 3 aromatic rings. The number of carbonyl (C=O) groups is 1. The summed E-state index contributed by atoms with van der Waals surface area (Å²) in [6.45, 7) is 1.67. The Morgan fingerprint density at radius 3 is 2.63 bits per heavy atom. The largest absolute Gasteiger partial charge is 0.352 e. The first-order valence-corrected chi connectivity index (χ1v) is 9.86. The summed E-state index contributed by atoms with van der Waals surface area (Å²) in [4.78, 5) is 20.0. The van der Waals surface area contributed by atoms with Gasteiger partial charge in [0.2, 0.25) is 5.91 Å². The van der Waals surface area contributed by atoms with Gasteiger partial charge in [0.15, 0.2) is 0 Å². The van der Waals surface area contributed by atoms with E-state index < -0.39 is 0 Å². The molecule has 1 atom stereocenters. The second kappa shape index (κ2) is 6.82. The molecule has 0 bridgehead atoms. The van der Waals surface area contributed by atoms with E-state index >= 15 is 0 Å². The molecular weight excluding hydrogens is 336 g/mol. The van der Waals surface area contributed by atoms with Gasteiger partial charge < -0.3 is 15.6 Å². The third-order valence-electron chi connectivity index (χ3n) is 5.59. The molecule has 2 heterocycles. The lowest BCUT2D eigenvalue weighted by Gasteiger charge is -2.06. The Hall–Kier alpha value is -2.66. The van der Waals surface area contributed by atoms with Crippen molar-refractivity contribution in [1.29, 1.82) is 0 Å². The highest BCUT2D eigenvalue weighted by Crippen LogP contribution is 2.29. The van der Waals surface area contributed by atoms with Gasteiger partial charge in [0.05, 0.1) is 17.1 Å². The van der Waals surface area contributed by atoms with Gasteiger partial charge in [-0.05, 0) is 61.1 Å². The molecule has 3 N–H and O–H groups in total. The van der Waals surface area contributed by atoms with Gasteiger partial charge in [-0.15, -0.1) is 0 Å². The molecule has 2 aromatic carbocycles. The van der Waals surface area contributed by atoms with Gasteiger partial charge in [-0.2, -0.15) is 0 Å². The fraction of sp³-hybridized carbons (Fsp3) is 0.364. The van der Waals surface area contributed by atoms with Crippen LogP contribution in [0.3, 0.4) is 0 Å². The number of aromatic amines is 1. The van der Waals surface area contributed by atoms with Crippen molar-refractivity contribution in [3.05, 3.63) is 53.9 Å². The van der Waals surface area contributed by atoms with Crippen molar-refractivity contribution in [1.82, 2.24) is 20.6 Å². The van der Waals surface area contributed by atoms with Gasteiger partial charge in [0, 0.05) is 12.5 Å². The van der Waals surface area contributed by atoms with Gasteiger partial charge in [0.25, 0.3) is 0 Å². The zero-order valence-electron chi connectivity index (χ0n) is 15.3. The van der Waals surface area contributed by atoms with Gasteiger partial charge in [-0.1, -0.05) is 30.3 Å². The van der Waals surface area contributed by atoms with E-state index in [9.17, 15) is 4.79 Å². The lowest BCUT2D eigenvalue weighted by Crippen LogP contribution is -2.24. The van der Waals surface area contributed by atoms with Gasteiger partial charge in [0.1, 0.15) is 5.82 Å². The number of nitrogens with zero attached hydrogens (tertiary/aromatic N) is 1. The summed E-state index contributed by atoms with van der Waals surface area (Å²) in [5, 5.41) is 6.51. The van der Waals surface area contributed by atoms with Crippen molar-refractivity contribution >= 4 is 16.9 Å². The van der Waals surface area contributed by atoms with E-state index in [0.29, 0.717) is 12.6 Å². The van der Waals surface area contributed by atoms with Gasteiger partial charge in [-0.3, -0.25) is 4.79 Å². The van der Waals surface area contributed by atoms with Crippen LogP contribution in [-0.2, 0) is 11.3 Å². The predicted octanol–water partition coefficient (Wildman–Crippen LogP) is 3.68. The van der Waals surface area contributed by atoms with Crippen molar-refractivity contribution in [3.8, 4) is 11.1 Å². The molecule has 2 fully saturated rings. The van der Waals surface area contributed by atoms with E-state index in [0.717, 1.165) is 48.2 Å². The van der Waals surface area contributed by atoms with E-state index in [2.05, 4.69) is 58.1 Å². The van der Waals surface area contributed by atoms with Crippen LogP contribution >= 0.6 is 0 Å². The first-order chi connectivity index (χ1) is 13.3. The third kappa shape index (κ3) is 3.47. The average molecular weight is 360 g/mol. The molecule has 5 rings (SSSR count). The summed E-state index contributed by atoms with van der Waals surface area (Å²) < 4.78 is 0. The predicted molar refractivity (Wildman–Crippen MR) is 106 cm³/mol. The highest BCUT2D eigenvalue weighted by molar-refractivity contribution is 5.82. The molecule has 5 heteroatoms. The van der Waals surface area contributed by atoms with Gasteiger partial charge >= 0.3 is 0 Å². The number of rotatable bonds is 5. The van der Waals surface area contributed by atoms with Crippen LogP contribution in [0.1, 0.15) is 43.1 Å². The average Bonchev–Trinajstić information content (AvgIpc) is 3.24. The van der Waals surface area contributed by atoms with Crippen LogP contribution in [0.25, 0.3) is 22.2 Å². The number of hydrogen-bond donors (Lipinski definition) is 3. The Labute approximate surface area is 158 Å². The number of hydrogen-bond acceptors (Lipinski definition) is 3. The Morgan fingerprint density at radius 2 is 1.89 bits per heavy atom.